The van der Waals surface area contributed by atoms with Crippen molar-refractivity contribution in [3.05, 3.63) is 76.8 Å². The zero-order chi connectivity index (χ0) is 20.9. The summed E-state index contributed by atoms with van der Waals surface area (Å²) in [6, 6.07) is 9.70. The van der Waals surface area contributed by atoms with E-state index < -0.39 is 0 Å². The third kappa shape index (κ3) is 4.71. The monoisotopic (exact) mass is 424 g/mol. The number of nitrogens with one attached hydrogen (secondary N) is 1. The van der Waals surface area contributed by atoms with Gasteiger partial charge < -0.3 is 4.90 Å². The van der Waals surface area contributed by atoms with E-state index >= 15 is 0 Å². The number of carbonyl (C=O) groups excluding carboxylic acids is 2. The molecule has 1 unspecified atom stereocenters. The van der Waals surface area contributed by atoms with Gasteiger partial charge in [0.05, 0.1) is 17.3 Å². The smallest absolute Gasteiger partial charge is 0.259 e. The minimum Gasteiger partial charge on any atom is -0.334 e. The summed E-state index contributed by atoms with van der Waals surface area (Å²) in [6.07, 6.45) is 5.88. The van der Waals surface area contributed by atoms with Crippen molar-refractivity contribution in [3.63, 3.8) is 0 Å². The Hall–Kier alpha value is -3.13. The van der Waals surface area contributed by atoms with Crippen LogP contribution in [0.5, 0.6) is 0 Å². The molecule has 1 saturated heterocycles. The van der Waals surface area contributed by atoms with Gasteiger partial charge in [0.15, 0.2) is 5.13 Å². The molecule has 3 heterocycles. The lowest BCUT2D eigenvalue weighted by Gasteiger charge is -2.24. The highest BCUT2D eigenvalue weighted by Gasteiger charge is 2.30. The van der Waals surface area contributed by atoms with Crippen LogP contribution < -0.4 is 5.32 Å². The Morgan fingerprint density at radius 3 is 2.70 bits per heavy atom. The lowest BCUT2D eigenvalue weighted by Crippen LogP contribution is -2.31. The topological polar surface area (TPSA) is 75.2 Å². The number of anilines is 1. The standard InChI is InChI=1S/C22H21FN4O2S/c23-17-7-3-15(4-8-17)5-10-20(28)27-12-1-2-19(27)18-9-6-16(14-25-18)21(29)26-22-24-11-13-30-22/h3-4,6-9,11,13-14,19H,1-2,5,10,12H2,(H,24,26,29). The van der Waals surface area contributed by atoms with Gasteiger partial charge in [-0.15, -0.1) is 11.3 Å². The lowest BCUT2D eigenvalue weighted by atomic mass is 10.1. The summed E-state index contributed by atoms with van der Waals surface area (Å²) in [5, 5.41) is 5.06. The number of benzene rings is 1. The third-order valence-electron chi connectivity index (χ3n) is 5.16. The van der Waals surface area contributed by atoms with Crippen molar-refractivity contribution >= 4 is 28.3 Å². The SMILES string of the molecule is O=C(Nc1nccs1)c1ccc(C2CCCN2C(=O)CCc2ccc(F)cc2)nc1. The molecule has 0 bridgehead atoms. The largest absolute Gasteiger partial charge is 0.334 e. The first-order chi connectivity index (χ1) is 14.6. The highest BCUT2D eigenvalue weighted by molar-refractivity contribution is 7.13. The van der Waals surface area contributed by atoms with Crippen molar-refractivity contribution in [2.45, 2.75) is 31.7 Å². The molecular formula is C22H21FN4O2S. The molecule has 8 heteroatoms. The number of hydrogen-bond acceptors (Lipinski definition) is 5. The van der Waals surface area contributed by atoms with E-state index in [0.717, 1.165) is 24.1 Å². The molecule has 154 valence electrons. The van der Waals surface area contributed by atoms with Gasteiger partial charge in [-0.3, -0.25) is 19.9 Å². The average molecular weight is 425 g/mol. The van der Waals surface area contributed by atoms with Crippen molar-refractivity contribution < 1.29 is 14.0 Å². The molecular weight excluding hydrogens is 403 g/mol. The molecule has 0 saturated carbocycles. The van der Waals surface area contributed by atoms with Crippen LogP contribution >= 0.6 is 11.3 Å². The minimum absolute atomic E-state index is 0.0641. The van der Waals surface area contributed by atoms with Crippen LogP contribution in [-0.2, 0) is 11.2 Å². The summed E-state index contributed by atoms with van der Waals surface area (Å²) < 4.78 is 13.0. The molecule has 3 aromatic rings. The summed E-state index contributed by atoms with van der Waals surface area (Å²) in [4.78, 5) is 35.4. The maximum absolute atomic E-state index is 13.0. The van der Waals surface area contributed by atoms with Crippen molar-refractivity contribution in [2.75, 3.05) is 11.9 Å². The molecule has 0 radical (unpaired) electrons. The lowest BCUT2D eigenvalue weighted by molar-refractivity contribution is -0.132. The van der Waals surface area contributed by atoms with Crippen LogP contribution in [-0.4, -0.2) is 33.2 Å². The van der Waals surface area contributed by atoms with Crippen molar-refractivity contribution in [1.29, 1.82) is 0 Å². The predicted octanol–water partition coefficient (Wildman–Crippen LogP) is 4.23. The molecule has 1 aliphatic heterocycles. The minimum atomic E-state index is -0.278. The number of rotatable bonds is 6. The maximum Gasteiger partial charge on any atom is 0.259 e. The van der Waals surface area contributed by atoms with Crippen molar-refractivity contribution in [1.82, 2.24) is 14.9 Å². The Balaban J connectivity index is 1.38. The molecule has 2 aromatic heterocycles. The Labute approximate surface area is 177 Å². The fraction of sp³-hybridized carbons (Fsp3) is 0.273. The summed E-state index contributed by atoms with van der Waals surface area (Å²) in [6.45, 7) is 0.695. The van der Waals surface area contributed by atoms with Gasteiger partial charge in [0.2, 0.25) is 5.91 Å². The Morgan fingerprint density at radius 1 is 1.17 bits per heavy atom. The van der Waals surface area contributed by atoms with E-state index in [1.54, 1.807) is 29.8 Å². The van der Waals surface area contributed by atoms with Gasteiger partial charge in [0, 0.05) is 30.7 Å². The van der Waals surface area contributed by atoms with Gasteiger partial charge >= 0.3 is 0 Å². The zero-order valence-electron chi connectivity index (χ0n) is 16.3. The molecule has 6 nitrogen and oxygen atoms in total. The van der Waals surface area contributed by atoms with Crippen molar-refractivity contribution in [2.24, 2.45) is 0 Å². The molecule has 1 fully saturated rings. The number of thiazole rings is 1. The summed E-state index contributed by atoms with van der Waals surface area (Å²) in [5.41, 5.74) is 2.17. The number of aromatic nitrogens is 2. The number of carbonyl (C=O) groups is 2. The second kappa shape index (κ2) is 9.13. The number of pyridine rings is 1. The van der Waals surface area contributed by atoms with E-state index in [1.807, 2.05) is 11.0 Å². The maximum atomic E-state index is 13.0. The van der Waals surface area contributed by atoms with Gasteiger partial charge in [-0.05, 0) is 49.1 Å². The molecule has 1 atom stereocenters. The number of aryl methyl sites for hydroxylation is 1. The molecule has 4 rings (SSSR count). The normalized spacial score (nSPS) is 15.9. The van der Waals surface area contributed by atoms with E-state index in [-0.39, 0.29) is 23.7 Å². The third-order valence-corrected chi connectivity index (χ3v) is 5.85. The fourth-order valence-electron chi connectivity index (χ4n) is 3.61. The number of hydrogen-bond donors (Lipinski definition) is 1. The highest BCUT2D eigenvalue weighted by Crippen LogP contribution is 2.31. The van der Waals surface area contributed by atoms with Gasteiger partial charge in [-0.2, -0.15) is 0 Å². The van der Waals surface area contributed by atoms with Crippen LogP contribution in [0.15, 0.2) is 54.2 Å². The molecule has 1 N–H and O–H groups in total. The quantitative estimate of drug-likeness (QED) is 0.643. The zero-order valence-corrected chi connectivity index (χ0v) is 17.1. The predicted molar refractivity (Wildman–Crippen MR) is 113 cm³/mol. The summed E-state index contributed by atoms with van der Waals surface area (Å²) in [5.74, 6) is -0.476. The molecule has 0 spiro atoms. The van der Waals surface area contributed by atoms with Crippen LogP contribution in [0.4, 0.5) is 9.52 Å². The van der Waals surface area contributed by atoms with Crippen LogP contribution in [0.3, 0.4) is 0 Å². The van der Waals surface area contributed by atoms with Crippen LogP contribution in [0.25, 0.3) is 0 Å². The van der Waals surface area contributed by atoms with E-state index in [4.69, 9.17) is 0 Å². The van der Waals surface area contributed by atoms with Crippen LogP contribution in [0.1, 0.15) is 46.9 Å². The first-order valence-corrected chi connectivity index (χ1v) is 10.7. The first kappa shape index (κ1) is 20.2. The van der Waals surface area contributed by atoms with Crippen LogP contribution in [0, 0.1) is 5.82 Å². The number of halogens is 1. The number of amides is 2. The average Bonchev–Trinajstić information content (AvgIpc) is 3.45. The summed E-state index contributed by atoms with van der Waals surface area (Å²) in [7, 11) is 0. The van der Waals surface area contributed by atoms with Crippen LogP contribution in [0.2, 0.25) is 0 Å². The second-order valence-corrected chi connectivity index (χ2v) is 8.03. The Bertz CT molecular complexity index is 1010. The second-order valence-electron chi connectivity index (χ2n) is 7.13. The molecule has 30 heavy (non-hydrogen) atoms. The van der Waals surface area contributed by atoms with Gasteiger partial charge in [0.1, 0.15) is 5.82 Å². The van der Waals surface area contributed by atoms with Gasteiger partial charge in [-0.25, -0.2) is 9.37 Å². The highest BCUT2D eigenvalue weighted by atomic mass is 32.1. The number of nitrogens with zero attached hydrogens (tertiary/aromatic N) is 3. The molecule has 0 aliphatic carbocycles. The van der Waals surface area contributed by atoms with Gasteiger partial charge in [-0.1, -0.05) is 12.1 Å². The van der Waals surface area contributed by atoms with Gasteiger partial charge in [0.25, 0.3) is 5.91 Å². The Kier molecular flexibility index (Phi) is 6.13. The molecule has 2 amide bonds. The summed E-state index contributed by atoms with van der Waals surface area (Å²) >= 11 is 1.35. The van der Waals surface area contributed by atoms with E-state index in [9.17, 15) is 14.0 Å². The molecule has 1 aliphatic rings. The van der Waals surface area contributed by atoms with E-state index in [0.29, 0.717) is 30.1 Å². The van der Waals surface area contributed by atoms with E-state index in [2.05, 4.69) is 15.3 Å². The number of likely N-dealkylation sites (tertiary alicyclic amines) is 1. The fourth-order valence-corrected chi connectivity index (χ4v) is 4.13. The van der Waals surface area contributed by atoms with E-state index in [1.165, 1.54) is 29.7 Å². The Morgan fingerprint density at radius 2 is 2.00 bits per heavy atom. The van der Waals surface area contributed by atoms with Crippen molar-refractivity contribution in [3.8, 4) is 0 Å². The molecule has 1 aromatic carbocycles. The first-order valence-electron chi connectivity index (χ1n) is 9.81.